The zero-order valence-electron chi connectivity index (χ0n) is 14.8. The minimum atomic E-state index is -3.71. The minimum Gasteiger partial charge on any atom is -0.494 e. The molecule has 0 bridgehead atoms. The van der Waals surface area contributed by atoms with Crippen LogP contribution in [0.15, 0.2) is 72.0 Å². The van der Waals surface area contributed by atoms with Crippen LogP contribution in [0, 0.1) is 0 Å². The number of pyridine rings is 2. The summed E-state index contributed by atoms with van der Waals surface area (Å²) < 4.78 is 32.7. The van der Waals surface area contributed by atoms with Crippen LogP contribution in [0.2, 0.25) is 0 Å². The molecule has 0 aliphatic heterocycles. The van der Waals surface area contributed by atoms with Crippen molar-refractivity contribution in [2.75, 3.05) is 16.6 Å². The lowest BCUT2D eigenvalue weighted by molar-refractivity contribution is 0.340. The highest BCUT2D eigenvalue weighted by Crippen LogP contribution is 2.19. The zero-order chi connectivity index (χ0) is 19.1. The summed E-state index contributed by atoms with van der Waals surface area (Å²) >= 11 is 0. The molecule has 3 aromatic rings. The lowest BCUT2D eigenvalue weighted by Gasteiger charge is -2.10. The smallest absolute Gasteiger partial charge is 0.263 e. The van der Waals surface area contributed by atoms with Crippen LogP contribution in [0.4, 0.5) is 11.5 Å². The SMILES string of the molecule is CCOc1ccc(S(=O)(=O)Nc2ccc(NCc3ccncc3)cn2)cc1. The third kappa shape index (κ3) is 5.18. The highest BCUT2D eigenvalue weighted by molar-refractivity contribution is 7.92. The Morgan fingerprint density at radius 2 is 1.74 bits per heavy atom. The lowest BCUT2D eigenvalue weighted by atomic mass is 10.2. The molecule has 0 aliphatic carbocycles. The molecular weight excluding hydrogens is 364 g/mol. The molecule has 27 heavy (non-hydrogen) atoms. The van der Waals surface area contributed by atoms with Gasteiger partial charge in [0.25, 0.3) is 10.0 Å². The van der Waals surface area contributed by atoms with Gasteiger partial charge in [-0.3, -0.25) is 9.71 Å². The summed E-state index contributed by atoms with van der Waals surface area (Å²) in [5.41, 5.74) is 1.88. The molecule has 0 fully saturated rings. The van der Waals surface area contributed by atoms with Gasteiger partial charge in [-0.2, -0.15) is 0 Å². The van der Waals surface area contributed by atoms with Crippen LogP contribution in [0.5, 0.6) is 5.75 Å². The predicted octanol–water partition coefficient (Wildman–Crippen LogP) is 3.29. The molecule has 1 aromatic carbocycles. The van der Waals surface area contributed by atoms with Crippen molar-refractivity contribution in [3.05, 3.63) is 72.7 Å². The van der Waals surface area contributed by atoms with Crippen molar-refractivity contribution in [1.29, 1.82) is 0 Å². The molecule has 140 valence electrons. The van der Waals surface area contributed by atoms with Crippen molar-refractivity contribution < 1.29 is 13.2 Å². The summed E-state index contributed by atoms with van der Waals surface area (Å²) in [6.45, 7) is 3.02. The van der Waals surface area contributed by atoms with Crippen molar-refractivity contribution in [2.24, 2.45) is 0 Å². The van der Waals surface area contributed by atoms with E-state index >= 15 is 0 Å². The van der Waals surface area contributed by atoms with Crippen LogP contribution in [0.25, 0.3) is 0 Å². The van der Waals surface area contributed by atoms with Crippen molar-refractivity contribution in [1.82, 2.24) is 9.97 Å². The predicted molar refractivity (Wildman–Crippen MR) is 104 cm³/mol. The third-order valence-corrected chi connectivity index (χ3v) is 5.06. The maximum atomic E-state index is 12.5. The number of nitrogens with zero attached hydrogens (tertiary/aromatic N) is 2. The molecule has 3 rings (SSSR count). The van der Waals surface area contributed by atoms with Gasteiger partial charge in [-0.1, -0.05) is 0 Å². The minimum absolute atomic E-state index is 0.146. The molecule has 0 radical (unpaired) electrons. The van der Waals surface area contributed by atoms with E-state index in [4.69, 9.17) is 4.74 Å². The zero-order valence-corrected chi connectivity index (χ0v) is 15.6. The van der Waals surface area contributed by atoms with Gasteiger partial charge in [-0.15, -0.1) is 0 Å². The Balaban J connectivity index is 1.62. The first kappa shape index (κ1) is 18.7. The van der Waals surface area contributed by atoms with E-state index in [2.05, 4.69) is 20.0 Å². The molecule has 0 unspecified atom stereocenters. The lowest BCUT2D eigenvalue weighted by Crippen LogP contribution is -2.14. The number of anilines is 2. The Hall–Kier alpha value is -3.13. The topological polar surface area (TPSA) is 93.2 Å². The second-order valence-corrected chi connectivity index (χ2v) is 7.33. The molecule has 0 saturated heterocycles. The van der Waals surface area contributed by atoms with Crippen LogP contribution in [-0.4, -0.2) is 25.0 Å². The number of rotatable bonds is 8. The third-order valence-electron chi connectivity index (χ3n) is 3.69. The fourth-order valence-electron chi connectivity index (χ4n) is 2.34. The van der Waals surface area contributed by atoms with E-state index in [1.54, 1.807) is 42.9 Å². The second kappa shape index (κ2) is 8.50. The second-order valence-electron chi connectivity index (χ2n) is 5.65. The Kier molecular flexibility index (Phi) is 5.87. The van der Waals surface area contributed by atoms with Crippen LogP contribution in [0.3, 0.4) is 0 Å². The molecule has 0 amide bonds. The number of benzene rings is 1. The molecule has 0 aliphatic rings. The summed E-state index contributed by atoms with van der Waals surface area (Å²) in [6.07, 6.45) is 5.04. The van der Waals surface area contributed by atoms with Crippen LogP contribution in [0.1, 0.15) is 12.5 Å². The molecule has 0 saturated carbocycles. The fraction of sp³-hybridized carbons (Fsp3) is 0.158. The van der Waals surface area contributed by atoms with E-state index in [9.17, 15) is 8.42 Å². The maximum absolute atomic E-state index is 12.5. The Morgan fingerprint density at radius 1 is 1.00 bits per heavy atom. The number of sulfonamides is 1. The standard InChI is InChI=1S/C19H20N4O3S/c1-2-26-17-4-6-18(7-5-17)27(24,25)23-19-8-3-16(14-22-19)21-13-15-9-11-20-12-10-15/h3-12,14,21H,2,13H2,1H3,(H,22,23). The maximum Gasteiger partial charge on any atom is 0.263 e. The van der Waals surface area contributed by atoms with Gasteiger partial charge in [0.05, 0.1) is 23.4 Å². The quantitative estimate of drug-likeness (QED) is 0.619. The van der Waals surface area contributed by atoms with E-state index in [1.807, 2.05) is 19.1 Å². The average molecular weight is 384 g/mol. The van der Waals surface area contributed by atoms with Gasteiger partial charge in [-0.25, -0.2) is 13.4 Å². The summed E-state index contributed by atoms with van der Waals surface area (Å²) in [5, 5.41) is 3.22. The summed E-state index contributed by atoms with van der Waals surface area (Å²) in [5.74, 6) is 0.873. The van der Waals surface area contributed by atoms with Gasteiger partial charge >= 0.3 is 0 Å². The number of ether oxygens (including phenoxy) is 1. The number of hydrogen-bond acceptors (Lipinski definition) is 6. The molecule has 0 atom stereocenters. The Morgan fingerprint density at radius 3 is 2.37 bits per heavy atom. The van der Waals surface area contributed by atoms with Gasteiger partial charge in [0, 0.05) is 18.9 Å². The van der Waals surface area contributed by atoms with E-state index in [0.29, 0.717) is 18.9 Å². The Labute approximate surface area is 158 Å². The summed E-state index contributed by atoms with van der Waals surface area (Å²) in [7, 11) is -3.71. The van der Waals surface area contributed by atoms with Crippen molar-refractivity contribution in [3.63, 3.8) is 0 Å². The van der Waals surface area contributed by atoms with Crippen LogP contribution >= 0.6 is 0 Å². The molecule has 0 spiro atoms. The highest BCUT2D eigenvalue weighted by atomic mass is 32.2. The number of hydrogen-bond donors (Lipinski definition) is 2. The number of aromatic nitrogens is 2. The van der Waals surface area contributed by atoms with Crippen molar-refractivity contribution in [2.45, 2.75) is 18.4 Å². The molecule has 2 N–H and O–H groups in total. The molecular formula is C19H20N4O3S. The first-order valence-corrected chi connectivity index (χ1v) is 9.89. The fourth-order valence-corrected chi connectivity index (χ4v) is 3.35. The molecule has 2 aromatic heterocycles. The molecule has 7 nitrogen and oxygen atoms in total. The van der Waals surface area contributed by atoms with Gasteiger partial charge in [-0.05, 0) is 61.0 Å². The monoisotopic (exact) mass is 384 g/mol. The summed E-state index contributed by atoms with van der Waals surface area (Å²) in [6, 6.07) is 13.5. The first-order chi connectivity index (χ1) is 13.1. The molecule has 8 heteroatoms. The van der Waals surface area contributed by atoms with Gasteiger partial charge in [0.15, 0.2) is 0 Å². The van der Waals surface area contributed by atoms with Crippen molar-refractivity contribution >= 4 is 21.5 Å². The normalized spacial score (nSPS) is 11.0. The van der Waals surface area contributed by atoms with Crippen LogP contribution in [-0.2, 0) is 16.6 Å². The van der Waals surface area contributed by atoms with Crippen molar-refractivity contribution in [3.8, 4) is 5.75 Å². The van der Waals surface area contributed by atoms with Gasteiger partial charge in [0.1, 0.15) is 11.6 Å². The summed E-state index contributed by atoms with van der Waals surface area (Å²) in [4.78, 5) is 8.28. The average Bonchev–Trinajstić information content (AvgIpc) is 2.69. The highest BCUT2D eigenvalue weighted by Gasteiger charge is 2.14. The van der Waals surface area contributed by atoms with E-state index in [-0.39, 0.29) is 10.7 Å². The van der Waals surface area contributed by atoms with Crippen LogP contribution < -0.4 is 14.8 Å². The molecule has 2 heterocycles. The van der Waals surface area contributed by atoms with E-state index < -0.39 is 10.0 Å². The van der Waals surface area contributed by atoms with E-state index in [1.165, 1.54) is 12.1 Å². The largest absolute Gasteiger partial charge is 0.494 e. The van der Waals surface area contributed by atoms with Gasteiger partial charge < -0.3 is 10.1 Å². The first-order valence-electron chi connectivity index (χ1n) is 8.41. The number of nitrogens with one attached hydrogen (secondary N) is 2. The van der Waals surface area contributed by atoms with Gasteiger partial charge in [0.2, 0.25) is 0 Å². The Bertz CT molecular complexity index is 960. The van der Waals surface area contributed by atoms with E-state index in [0.717, 1.165) is 11.3 Å².